The van der Waals surface area contributed by atoms with E-state index in [0.717, 1.165) is 22.1 Å². The van der Waals surface area contributed by atoms with Gasteiger partial charge >= 0.3 is 5.97 Å². The molecule has 0 N–H and O–H groups in total. The van der Waals surface area contributed by atoms with Gasteiger partial charge in [-0.25, -0.2) is 13.2 Å². The van der Waals surface area contributed by atoms with Crippen LogP contribution in [-0.2, 0) is 21.1 Å². The summed E-state index contributed by atoms with van der Waals surface area (Å²) in [4.78, 5) is 14.8. The van der Waals surface area contributed by atoms with E-state index in [0.29, 0.717) is 42.0 Å². The number of carbonyl (C=O) groups excluding carboxylic acids is 1. The summed E-state index contributed by atoms with van der Waals surface area (Å²) in [5, 5.41) is 2.50. The molecule has 158 valence electrons. The highest BCUT2D eigenvalue weighted by Gasteiger charge is 2.37. The summed E-state index contributed by atoms with van der Waals surface area (Å²) in [7, 11) is -3.01. The Bertz CT molecular complexity index is 1280. The topological polar surface area (TPSA) is 86.1 Å². The third kappa shape index (κ3) is 2.97. The fraction of sp³-hybridized carbons (Fsp3) is 0.409. The second kappa shape index (κ2) is 6.99. The average Bonchev–Trinajstić information content (AvgIpc) is 3.27. The monoisotopic (exact) mass is 429 g/mol. The van der Waals surface area contributed by atoms with Gasteiger partial charge in [0.25, 0.3) is 0 Å². The van der Waals surface area contributed by atoms with Crippen LogP contribution in [0.15, 0.2) is 28.7 Å². The molecule has 2 aromatic carbocycles. The first-order valence-corrected chi connectivity index (χ1v) is 11.9. The second-order valence-corrected chi connectivity index (χ2v) is 10.1. The molecule has 0 unspecified atom stereocenters. The molecule has 8 heteroatoms. The number of hydrogen-bond donors (Lipinski definition) is 0. The number of carbonyl (C=O) groups is 1. The Morgan fingerprint density at radius 2 is 2.03 bits per heavy atom. The van der Waals surface area contributed by atoms with Crippen molar-refractivity contribution < 1.29 is 27.1 Å². The van der Waals surface area contributed by atoms with E-state index in [9.17, 15) is 13.2 Å². The molecule has 3 aromatic rings. The van der Waals surface area contributed by atoms with Crippen LogP contribution < -0.4 is 4.74 Å². The maximum Gasteiger partial charge on any atom is 0.342 e. The van der Waals surface area contributed by atoms with Gasteiger partial charge in [-0.3, -0.25) is 4.90 Å². The molecule has 0 bridgehead atoms. The number of rotatable bonds is 3. The molecule has 30 heavy (non-hydrogen) atoms. The zero-order chi connectivity index (χ0) is 21.0. The standard InChI is InChI=1S/C22H23NO6S/c1-3-27-22(24)18-13(2)29-21-16-7-5-4-6-15(16)20-17(19(18)21)10-23(12-28-20)14-8-9-30(25,26)11-14/h4-7,14H,3,8-12H2,1-2H3/t14-/m1/s1. The van der Waals surface area contributed by atoms with E-state index in [1.807, 2.05) is 29.2 Å². The minimum atomic E-state index is -3.01. The molecule has 2 aliphatic rings. The van der Waals surface area contributed by atoms with Gasteiger partial charge in [0.2, 0.25) is 0 Å². The quantitative estimate of drug-likeness (QED) is 0.590. The van der Waals surface area contributed by atoms with Crippen molar-refractivity contribution in [1.29, 1.82) is 0 Å². The lowest BCUT2D eigenvalue weighted by atomic mass is 9.96. The first kappa shape index (κ1) is 19.4. The Balaban J connectivity index is 1.72. The van der Waals surface area contributed by atoms with Gasteiger partial charge in [0, 0.05) is 34.3 Å². The highest BCUT2D eigenvalue weighted by molar-refractivity contribution is 7.91. The van der Waals surface area contributed by atoms with Crippen LogP contribution in [0, 0.1) is 6.92 Å². The number of ether oxygens (including phenoxy) is 2. The smallest absolute Gasteiger partial charge is 0.342 e. The van der Waals surface area contributed by atoms with E-state index >= 15 is 0 Å². The first-order chi connectivity index (χ1) is 14.4. The fourth-order valence-corrected chi connectivity index (χ4v) is 6.40. The minimum absolute atomic E-state index is 0.0938. The van der Waals surface area contributed by atoms with Gasteiger partial charge in [0.1, 0.15) is 29.4 Å². The molecule has 1 aromatic heterocycles. The Morgan fingerprint density at radius 3 is 2.73 bits per heavy atom. The molecule has 3 heterocycles. The lowest BCUT2D eigenvalue weighted by Crippen LogP contribution is -2.41. The van der Waals surface area contributed by atoms with Crippen LogP contribution in [-0.4, -0.2) is 50.2 Å². The number of esters is 1. The number of aryl methyl sites for hydroxylation is 1. The summed E-state index contributed by atoms with van der Waals surface area (Å²) >= 11 is 0. The Kier molecular flexibility index (Phi) is 4.52. The largest absolute Gasteiger partial charge is 0.477 e. The Hall–Kier alpha value is -2.58. The van der Waals surface area contributed by atoms with Gasteiger partial charge < -0.3 is 13.9 Å². The highest BCUT2D eigenvalue weighted by Crippen LogP contribution is 2.44. The number of hydrogen-bond acceptors (Lipinski definition) is 7. The third-order valence-corrected chi connectivity index (χ3v) is 7.77. The highest BCUT2D eigenvalue weighted by atomic mass is 32.2. The lowest BCUT2D eigenvalue weighted by molar-refractivity contribution is 0.0525. The molecule has 0 aliphatic carbocycles. The number of furan rings is 1. The predicted molar refractivity (Wildman–Crippen MR) is 113 cm³/mol. The van der Waals surface area contributed by atoms with Crippen LogP contribution in [0.4, 0.5) is 0 Å². The molecule has 0 spiro atoms. The molecular formula is C22H23NO6S. The van der Waals surface area contributed by atoms with Crippen molar-refractivity contribution in [3.05, 3.63) is 41.2 Å². The maximum atomic E-state index is 12.8. The Labute approximate surface area is 174 Å². The van der Waals surface area contributed by atoms with Crippen molar-refractivity contribution in [3.63, 3.8) is 0 Å². The zero-order valence-corrected chi connectivity index (χ0v) is 17.8. The number of fused-ring (bicyclic) bond motifs is 6. The van der Waals surface area contributed by atoms with Crippen molar-refractivity contribution in [1.82, 2.24) is 4.90 Å². The summed E-state index contributed by atoms with van der Waals surface area (Å²) in [6, 6.07) is 7.70. The normalized spacial score (nSPS) is 20.9. The molecule has 0 amide bonds. The predicted octanol–water partition coefficient (Wildman–Crippen LogP) is 3.41. The van der Waals surface area contributed by atoms with Crippen molar-refractivity contribution >= 4 is 37.5 Å². The lowest BCUT2D eigenvalue weighted by Gasteiger charge is -2.34. The summed E-state index contributed by atoms with van der Waals surface area (Å²) in [5.41, 5.74) is 1.90. The van der Waals surface area contributed by atoms with Crippen molar-refractivity contribution in [3.8, 4) is 5.75 Å². The van der Waals surface area contributed by atoms with Crippen LogP contribution in [0.2, 0.25) is 0 Å². The number of benzene rings is 2. The molecule has 0 saturated carbocycles. The van der Waals surface area contributed by atoms with E-state index in [1.54, 1.807) is 13.8 Å². The zero-order valence-electron chi connectivity index (χ0n) is 16.9. The van der Waals surface area contributed by atoms with E-state index in [2.05, 4.69) is 0 Å². The van der Waals surface area contributed by atoms with Gasteiger partial charge in [-0.15, -0.1) is 0 Å². The summed E-state index contributed by atoms with van der Waals surface area (Å²) in [6.45, 7) is 4.60. The summed E-state index contributed by atoms with van der Waals surface area (Å²) < 4.78 is 41.5. The maximum absolute atomic E-state index is 12.8. The van der Waals surface area contributed by atoms with Gasteiger partial charge in [-0.2, -0.15) is 0 Å². The van der Waals surface area contributed by atoms with Crippen LogP contribution in [0.25, 0.3) is 21.7 Å². The molecule has 2 aliphatic heterocycles. The van der Waals surface area contributed by atoms with E-state index in [4.69, 9.17) is 13.9 Å². The number of nitrogens with zero attached hydrogens (tertiary/aromatic N) is 1. The van der Waals surface area contributed by atoms with E-state index in [1.165, 1.54) is 0 Å². The fourth-order valence-electron chi connectivity index (χ4n) is 4.64. The van der Waals surface area contributed by atoms with Crippen molar-refractivity contribution in [2.75, 3.05) is 24.8 Å². The first-order valence-electron chi connectivity index (χ1n) is 10.1. The van der Waals surface area contributed by atoms with Gasteiger partial charge in [-0.1, -0.05) is 24.3 Å². The average molecular weight is 429 g/mol. The summed E-state index contributed by atoms with van der Waals surface area (Å²) in [5.74, 6) is 1.14. The molecule has 7 nitrogen and oxygen atoms in total. The molecule has 1 atom stereocenters. The molecular weight excluding hydrogens is 406 g/mol. The van der Waals surface area contributed by atoms with Gasteiger partial charge in [-0.05, 0) is 20.3 Å². The molecule has 1 saturated heterocycles. The van der Waals surface area contributed by atoms with E-state index in [-0.39, 0.29) is 24.2 Å². The Morgan fingerprint density at radius 1 is 1.27 bits per heavy atom. The van der Waals surface area contributed by atoms with Crippen LogP contribution >= 0.6 is 0 Å². The van der Waals surface area contributed by atoms with Crippen molar-refractivity contribution in [2.45, 2.75) is 32.9 Å². The van der Waals surface area contributed by atoms with Crippen LogP contribution in [0.1, 0.15) is 35.0 Å². The second-order valence-electron chi connectivity index (χ2n) is 7.89. The minimum Gasteiger partial charge on any atom is -0.477 e. The van der Waals surface area contributed by atoms with E-state index < -0.39 is 15.8 Å². The summed E-state index contributed by atoms with van der Waals surface area (Å²) in [6.07, 6.45) is 0.590. The third-order valence-electron chi connectivity index (χ3n) is 6.02. The SMILES string of the molecule is CCOC(=O)c1c(C)oc2c1c1c(c3ccccc32)OCN([C@@H]2CCS(=O)(=O)C2)C1. The molecule has 5 rings (SSSR count). The number of sulfone groups is 1. The van der Waals surface area contributed by atoms with Crippen LogP contribution in [0.5, 0.6) is 5.75 Å². The van der Waals surface area contributed by atoms with Gasteiger partial charge in [0.15, 0.2) is 9.84 Å². The molecule has 0 radical (unpaired) electrons. The van der Waals surface area contributed by atoms with Crippen LogP contribution in [0.3, 0.4) is 0 Å². The molecule has 1 fully saturated rings. The van der Waals surface area contributed by atoms with Crippen molar-refractivity contribution in [2.24, 2.45) is 0 Å². The van der Waals surface area contributed by atoms with Gasteiger partial charge in [0.05, 0.1) is 18.1 Å².